The Balaban J connectivity index is 2.35. The van der Waals surface area contributed by atoms with Crippen LogP contribution < -0.4 is 5.32 Å². The first-order valence-corrected chi connectivity index (χ1v) is 6.90. The summed E-state index contributed by atoms with van der Waals surface area (Å²) in [6.07, 6.45) is 6.73. The Hall–Kier alpha value is -0.870. The van der Waals surface area contributed by atoms with Gasteiger partial charge in [-0.1, -0.05) is 6.92 Å². The van der Waals surface area contributed by atoms with Crippen LogP contribution in [0.3, 0.4) is 0 Å². The number of rotatable bonds is 9. The third kappa shape index (κ3) is 5.19. The summed E-state index contributed by atoms with van der Waals surface area (Å²) in [6.45, 7) is 5.32. The van der Waals surface area contributed by atoms with Gasteiger partial charge in [-0.05, 0) is 45.2 Å². The van der Waals surface area contributed by atoms with Crippen molar-refractivity contribution >= 4 is 0 Å². The van der Waals surface area contributed by atoms with Crippen LogP contribution in [0.4, 0.5) is 0 Å². The van der Waals surface area contributed by atoms with Crippen LogP contribution >= 0.6 is 0 Å². The summed E-state index contributed by atoms with van der Waals surface area (Å²) in [7, 11) is 3.78. The number of nitrogens with zero attached hydrogens (tertiary/aromatic N) is 2. The van der Waals surface area contributed by atoms with E-state index in [9.17, 15) is 0 Å². The molecule has 0 fully saturated rings. The van der Waals surface area contributed by atoms with Crippen molar-refractivity contribution in [2.75, 3.05) is 13.7 Å². The van der Waals surface area contributed by atoms with Gasteiger partial charge in [0.15, 0.2) is 0 Å². The zero-order chi connectivity index (χ0) is 13.4. The van der Waals surface area contributed by atoms with Crippen LogP contribution in [0.15, 0.2) is 12.3 Å². The average molecular weight is 253 g/mol. The van der Waals surface area contributed by atoms with Crippen molar-refractivity contribution in [3.05, 3.63) is 18.0 Å². The third-order valence-electron chi connectivity index (χ3n) is 3.49. The topological polar surface area (TPSA) is 39.1 Å². The van der Waals surface area contributed by atoms with Crippen LogP contribution in [0.5, 0.6) is 0 Å². The summed E-state index contributed by atoms with van der Waals surface area (Å²) < 4.78 is 7.27. The Labute approximate surface area is 111 Å². The molecule has 2 atom stereocenters. The van der Waals surface area contributed by atoms with E-state index in [2.05, 4.69) is 30.3 Å². The van der Waals surface area contributed by atoms with Gasteiger partial charge in [0.1, 0.15) is 0 Å². The second-order valence-corrected chi connectivity index (χ2v) is 4.86. The molecule has 0 radical (unpaired) electrons. The predicted octanol–water partition coefficient (Wildman–Crippen LogP) is 2.15. The predicted molar refractivity (Wildman–Crippen MR) is 74.7 cm³/mol. The molecule has 1 aromatic heterocycles. The Morgan fingerprint density at radius 3 is 2.72 bits per heavy atom. The largest absolute Gasteiger partial charge is 0.382 e. The van der Waals surface area contributed by atoms with Gasteiger partial charge in [-0.3, -0.25) is 4.68 Å². The number of hydrogen-bond acceptors (Lipinski definition) is 3. The van der Waals surface area contributed by atoms with Gasteiger partial charge in [0.05, 0.1) is 6.10 Å². The zero-order valence-electron chi connectivity index (χ0n) is 12.1. The lowest BCUT2D eigenvalue weighted by atomic mass is 10.0. The van der Waals surface area contributed by atoms with Crippen molar-refractivity contribution < 1.29 is 4.74 Å². The molecule has 0 spiro atoms. The summed E-state index contributed by atoms with van der Waals surface area (Å²) in [4.78, 5) is 0. The van der Waals surface area contributed by atoms with E-state index in [0.29, 0.717) is 12.1 Å². The molecule has 0 aliphatic carbocycles. The first kappa shape index (κ1) is 15.2. The number of nitrogens with one attached hydrogen (secondary N) is 1. The molecule has 0 saturated heterocycles. The summed E-state index contributed by atoms with van der Waals surface area (Å²) in [6, 6.07) is 2.67. The summed E-state index contributed by atoms with van der Waals surface area (Å²) >= 11 is 0. The van der Waals surface area contributed by atoms with E-state index in [1.807, 2.05) is 17.9 Å². The lowest BCUT2D eigenvalue weighted by molar-refractivity contribution is 0.105. The van der Waals surface area contributed by atoms with Crippen molar-refractivity contribution in [1.82, 2.24) is 15.1 Å². The monoisotopic (exact) mass is 253 g/mol. The first-order chi connectivity index (χ1) is 8.67. The standard InChI is InChI=1S/C14H27N3O/c1-5-15-13(7-6-12(2)18-4)8-9-14-10-11-16-17(14)3/h10-13,15H,5-9H2,1-4H3. The molecule has 0 aliphatic heterocycles. The maximum atomic E-state index is 5.31. The lowest BCUT2D eigenvalue weighted by Crippen LogP contribution is -2.30. The second kappa shape index (κ2) is 8.27. The van der Waals surface area contributed by atoms with Crippen molar-refractivity contribution in [1.29, 1.82) is 0 Å². The van der Waals surface area contributed by atoms with Gasteiger partial charge in [-0.15, -0.1) is 0 Å². The quantitative estimate of drug-likeness (QED) is 0.733. The normalized spacial score (nSPS) is 14.7. The Morgan fingerprint density at radius 1 is 1.39 bits per heavy atom. The molecular formula is C14H27N3O. The molecule has 18 heavy (non-hydrogen) atoms. The Bertz CT molecular complexity index is 325. The van der Waals surface area contributed by atoms with Crippen molar-refractivity contribution in [3.8, 4) is 0 Å². The summed E-state index contributed by atoms with van der Waals surface area (Å²) in [5.41, 5.74) is 1.30. The number of methoxy groups -OCH3 is 1. The molecule has 0 aliphatic rings. The van der Waals surface area contributed by atoms with Crippen molar-refractivity contribution in [2.45, 2.75) is 51.7 Å². The van der Waals surface area contributed by atoms with Crippen LogP contribution in [0.1, 0.15) is 38.8 Å². The van der Waals surface area contributed by atoms with E-state index < -0.39 is 0 Å². The molecule has 104 valence electrons. The highest BCUT2D eigenvalue weighted by Crippen LogP contribution is 2.10. The SMILES string of the molecule is CCNC(CCc1ccnn1C)CCC(C)OC. The number of hydrogen-bond donors (Lipinski definition) is 1. The molecule has 4 nitrogen and oxygen atoms in total. The number of ether oxygens (including phenoxy) is 1. The van der Waals surface area contributed by atoms with Crippen LogP contribution in [0, 0.1) is 0 Å². The van der Waals surface area contributed by atoms with Gasteiger partial charge < -0.3 is 10.1 Å². The molecule has 1 N–H and O–H groups in total. The van der Waals surface area contributed by atoms with Crippen LogP contribution in [-0.4, -0.2) is 35.6 Å². The minimum Gasteiger partial charge on any atom is -0.382 e. The highest BCUT2D eigenvalue weighted by atomic mass is 16.5. The van der Waals surface area contributed by atoms with E-state index >= 15 is 0 Å². The minimum atomic E-state index is 0.350. The highest BCUT2D eigenvalue weighted by molar-refractivity contribution is 5.00. The Morgan fingerprint density at radius 2 is 2.17 bits per heavy atom. The van der Waals surface area contributed by atoms with Crippen molar-refractivity contribution in [3.63, 3.8) is 0 Å². The van der Waals surface area contributed by atoms with E-state index in [1.165, 1.54) is 12.1 Å². The van der Waals surface area contributed by atoms with Gasteiger partial charge in [0.25, 0.3) is 0 Å². The number of aromatic nitrogens is 2. The molecule has 1 aromatic rings. The van der Waals surface area contributed by atoms with Crippen LogP contribution in [0.25, 0.3) is 0 Å². The van der Waals surface area contributed by atoms with Gasteiger partial charge in [-0.2, -0.15) is 5.10 Å². The second-order valence-electron chi connectivity index (χ2n) is 4.86. The van der Waals surface area contributed by atoms with E-state index in [0.717, 1.165) is 25.8 Å². The fourth-order valence-electron chi connectivity index (χ4n) is 2.16. The molecule has 4 heteroatoms. The van der Waals surface area contributed by atoms with E-state index in [4.69, 9.17) is 4.74 Å². The maximum absolute atomic E-state index is 5.31. The number of aryl methyl sites for hydroxylation is 2. The molecule has 0 saturated carbocycles. The molecule has 0 bridgehead atoms. The molecule has 1 rings (SSSR count). The van der Waals surface area contributed by atoms with E-state index in [-0.39, 0.29) is 0 Å². The highest BCUT2D eigenvalue weighted by Gasteiger charge is 2.11. The molecule has 0 aromatic carbocycles. The summed E-state index contributed by atoms with van der Waals surface area (Å²) in [5.74, 6) is 0. The minimum absolute atomic E-state index is 0.350. The zero-order valence-corrected chi connectivity index (χ0v) is 12.1. The smallest absolute Gasteiger partial charge is 0.0543 e. The van der Waals surface area contributed by atoms with Gasteiger partial charge >= 0.3 is 0 Å². The van der Waals surface area contributed by atoms with Crippen LogP contribution in [-0.2, 0) is 18.2 Å². The van der Waals surface area contributed by atoms with Gasteiger partial charge in [0, 0.05) is 32.1 Å². The molecular weight excluding hydrogens is 226 g/mol. The van der Waals surface area contributed by atoms with Gasteiger partial charge in [0.2, 0.25) is 0 Å². The fraction of sp³-hybridized carbons (Fsp3) is 0.786. The maximum Gasteiger partial charge on any atom is 0.0543 e. The summed E-state index contributed by atoms with van der Waals surface area (Å²) in [5, 5.41) is 7.76. The third-order valence-corrected chi connectivity index (χ3v) is 3.49. The van der Waals surface area contributed by atoms with E-state index in [1.54, 1.807) is 7.11 Å². The van der Waals surface area contributed by atoms with Gasteiger partial charge in [-0.25, -0.2) is 0 Å². The molecule has 0 amide bonds. The first-order valence-electron chi connectivity index (χ1n) is 6.90. The lowest BCUT2D eigenvalue weighted by Gasteiger charge is -2.19. The molecule has 1 heterocycles. The van der Waals surface area contributed by atoms with Crippen molar-refractivity contribution in [2.24, 2.45) is 7.05 Å². The fourth-order valence-corrected chi connectivity index (χ4v) is 2.16. The van der Waals surface area contributed by atoms with Crippen LogP contribution in [0.2, 0.25) is 0 Å². The average Bonchev–Trinajstić information content (AvgIpc) is 2.78. The Kier molecular flexibility index (Phi) is 6.98. The molecule has 2 unspecified atom stereocenters.